The number of rotatable bonds is 3. The summed E-state index contributed by atoms with van der Waals surface area (Å²) in [6.07, 6.45) is 0. The molecule has 1 aromatic carbocycles. The molecule has 0 atom stereocenters. The van der Waals surface area contributed by atoms with Gasteiger partial charge in [0, 0.05) is 11.8 Å². The Bertz CT molecular complexity index is 272. The summed E-state index contributed by atoms with van der Waals surface area (Å²) in [5.41, 5.74) is 12.2. The fourth-order valence-corrected chi connectivity index (χ4v) is 0.832. The molecule has 0 aliphatic rings. The Morgan fingerprint density at radius 2 is 1.86 bits per heavy atom. The van der Waals surface area contributed by atoms with E-state index in [0.29, 0.717) is 17.1 Å². The highest BCUT2D eigenvalue weighted by molar-refractivity contribution is 5.85. The van der Waals surface area contributed by atoms with Crippen molar-refractivity contribution < 1.29 is 9.84 Å². The molecular formula is C8H14Cl2N2O2. The smallest absolute Gasteiger partial charge is 0.144 e. The molecule has 0 spiro atoms. The van der Waals surface area contributed by atoms with Crippen LogP contribution in [0.4, 0.5) is 11.4 Å². The van der Waals surface area contributed by atoms with E-state index < -0.39 is 0 Å². The summed E-state index contributed by atoms with van der Waals surface area (Å²) in [6.45, 7) is 0.196. The predicted octanol–water partition coefficient (Wildman–Crippen LogP) is 1.07. The van der Waals surface area contributed by atoms with Crippen LogP contribution in [0.5, 0.6) is 5.75 Å². The van der Waals surface area contributed by atoms with E-state index in [2.05, 4.69) is 0 Å². The van der Waals surface area contributed by atoms with Crippen molar-refractivity contribution in [2.24, 2.45) is 0 Å². The maximum absolute atomic E-state index is 8.49. The third-order valence-electron chi connectivity index (χ3n) is 1.39. The van der Waals surface area contributed by atoms with Crippen molar-refractivity contribution in [3.05, 3.63) is 18.2 Å². The lowest BCUT2D eigenvalue weighted by molar-refractivity contribution is 0.202. The quantitative estimate of drug-likeness (QED) is 0.691. The standard InChI is InChI=1S/C8H12N2O2.2ClH/c9-6-1-2-7(10)8(5-6)12-4-3-11;;/h1-2,5,11H,3-4,9-10H2;2*1H. The van der Waals surface area contributed by atoms with Crippen LogP contribution in [0.25, 0.3) is 0 Å². The lowest BCUT2D eigenvalue weighted by atomic mass is 10.2. The second-order valence-corrected chi connectivity index (χ2v) is 2.37. The maximum Gasteiger partial charge on any atom is 0.144 e. The van der Waals surface area contributed by atoms with Crippen LogP contribution in [0.1, 0.15) is 0 Å². The van der Waals surface area contributed by atoms with Gasteiger partial charge in [-0.05, 0) is 12.1 Å². The fraction of sp³-hybridized carbons (Fsp3) is 0.250. The van der Waals surface area contributed by atoms with Gasteiger partial charge in [-0.2, -0.15) is 0 Å². The number of aliphatic hydroxyl groups excluding tert-OH is 1. The minimum absolute atomic E-state index is 0. The number of nitrogen functional groups attached to an aromatic ring is 2. The summed E-state index contributed by atoms with van der Waals surface area (Å²) < 4.78 is 5.11. The highest BCUT2D eigenvalue weighted by atomic mass is 35.5. The van der Waals surface area contributed by atoms with Crippen LogP contribution in [0.2, 0.25) is 0 Å². The molecule has 1 rings (SSSR count). The molecule has 5 N–H and O–H groups in total. The topological polar surface area (TPSA) is 81.5 Å². The van der Waals surface area contributed by atoms with E-state index >= 15 is 0 Å². The molecule has 0 radical (unpaired) electrons. The first-order chi connectivity index (χ1) is 5.74. The second kappa shape index (κ2) is 7.55. The Morgan fingerprint density at radius 1 is 1.21 bits per heavy atom. The number of hydrogen-bond acceptors (Lipinski definition) is 4. The van der Waals surface area contributed by atoms with Crippen molar-refractivity contribution in [3.63, 3.8) is 0 Å². The Labute approximate surface area is 95.1 Å². The SMILES string of the molecule is Cl.Cl.Nc1ccc(N)c(OCCO)c1. The molecule has 82 valence electrons. The van der Waals surface area contributed by atoms with Gasteiger partial charge in [-0.3, -0.25) is 0 Å². The van der Waals surface area contributed by atoms with E-state index in [4.69, 9.17) is 21.3 Å². The zero-order valence-corrected chi connectivity index (χ0v) is 9.11. The van der Waals surface area contributed by atoms with Crippen LogP contribution in [-0.2, 0) is 0 Å². The first kappa shape index (κ1) is 15.6. The summed E-state index contributed by atoms with van der Waals surface area (Å²) in [4.78, 5) is 0. The largest absolute Gasteiger partial charge is 0.489 e. The summed E-state index contributed by atoms with van der Waals surface area (Å²) in [7, 11) is 0. The average Bonchev–Trinajstić information content (AvgIpc) is 2.07. The Hall–Kier alpha value is -0.840. The number of aliphatic hydroxyl groups is 1. The molecule has 0 saturated heterocycles. The number of halogens is 2. The maximum atomic E-state index is 8.49. The van der Waals surface area contributed by atoms with Gasteiger partial charge < -0.3 is 21.3 Å². The molecule has 0 fully saturated rings. The lowest BCUT2D eigenvalue weighted by Crippen LogP contribution is -2.04. The molecule has 0 unspecified atom stereocenters. The summed E-state index contributed by atoms with van der Waals surface area (Å²) in [6, 6.07) is 4.99. The van der Waals surface area contributed by atoms with Gasteiger partial charge in [-0.1, -0.05) is 0 Å². The van der Waals surface area contributed by atoms with E-state index in [1.165, 1.54) is 0 Å². The molecule has 0 bridgehead atoms. The van der Waals surface area contributed by atoms with Crippen LogP contribution in [0.3, 0.4) is 0 Å². The molecular weight excluding hydrogens is 227 g/mol. The van der Waals surface area contributed by atoms with Crippen molar-refractivity contribution >= 4 is 36.2 Å². The van der Waals surface area contributed by atoms with E-state index in [9.17, 15) is 0 Å². The number of ether oxygens (including phenoxy) is 1. The van der Waals surface area contributed by atoms with Gasteiger partial charge in [-0.25, -0.2) is 0 Å². The first-order valence-corrected chi connectivity index (χ1v) is 3.62. The second-order valence-electron chi connectivity index (χ2n) is 2.37. The minimum Gasteiger partial charge on any atom is -0.489 e. The Morgan fingerprint density at radius 3 is 2.43 bits per heavy atom. The summed E-state index contributed by atoms with van der Waals surface area (Å²) in [5, 5.41) is 8.49. The van der Waals surface area contributed by atoms with E-state index in [-0.39, 0.29) is 38.0 Å². The Kier molecular flexibility index (Phi) is 8.43. The van der Waals surface area contributed by atoms with Gasteiger partial charge in [-0.15, -0.1) is 24.8 Å². The zero-order valence-electron chi connectivity index (χ0n) is 7.47. The number of nitrogens with two attached hydrogens (primary N) is 2. The van der Waals surface area contributed by atoms with Crippen molar-refractivity contribution in [2.75, 3.05) is 24.7 Å². The van der Waals surface area contributed by atoms with Gasteiger partial charge in [0.05, 0.1) is 12.3 Å². The fourth-order valence-electron chi connectivity index (χ4n) is 0.832. The molecule has 0 amide bonds. The highest BCUT2D eigenvalue weighted by Crippen LogP contribution is 2.23. The van der Waals surface area contributed by atoms with Gasteiger partial charge >= 0.3 is 0 Å². The van der Waals surface area contributed by atoms with Crippen LogP contribution in [0.15, 0.2) is 18.2 Å². The van der Waals surface area contributed by atoms with Crippen molar-refractivity contribution in [3.8, 4) is 5.75 Å². The minimum atomic E-state index is -0.0335. The van der Waals surface area contributed by atoms with E-state index in [0.717, 1.165) is 0 Å². The molecule has 0 aliphatic carbocycles. The predicted molar refractivity (Wildman–Crippen MR) is 62.3 cm³/mol. The zero-order chi connectivity index (χ0) is 8.97. The average molecular weight is 241 g/mol. The first-order valence-electron chi connectivity index (χ1n) is 3.62. The normalized spacial score (nSPS) is 8.36. The molecule has 14 heavy (non-hydrogen) atoms. The summed E-state index contributed by atoms with van der Waals surface area (Å²) in [5.74, 6) is 0.518. The third-order valence-corrected chi connectivity index (χ3v) is 1.39. The monoisotopic (exact) mass is 240 g/mol. The number of anilines is 2. The van der Waals surface area contributed by atoms with E-state index in [1.54, 1.807) is 18.2 Å². The van der Waals surface area contributed by atoms with Gasteiger partial charge in [0.25, 0.3) is 0 Å². The van der Waals surface area contributed by atoms with Crippen molar-refractivity contribution in [2.45, 2.75) is 0 Å². The lowest BCUT2D eigenvalue weighted by Gasteiger charge is -2.07. The van der Waals surface area contributed by atoms with Gasteiger partial charge in [0.15, 0.2) is 0 Å². The van der Waals surface area contributed by atoms with Crippen LogP contribution >= 0.6 is 24.8 Å². The van der Waals surface area contributed by atoms with Gasteiger partial charge in [0.2, 0.25) is 0 Å². The molecule has 0 aliphatic heterocycles. The number of benzene rings is 1. The molecule has 6 heteroatoms. The summed E-state index contributed by atoms with van der Waals surface area (Å²) >= 11 is 0. The molecule has 4 nitrogen and oxygen atoms in total. The molecule has 0 heterocycles. The molecule has 0 aromatic heterocycles. The number of hydrogen-bond donors (Lipinski definition) is 3. The Balaban J connectivity index is 0. The van der Waals surface area contributed by atoms with Crippen LogP contribution < -0.4 is 16.2 Å². The molecule has 0 saturated carbocycles. The third kappa shape index (κ3) is 4.41. The van der Waals surface area contributed by atoms with Gasteiger partial charge in [0.1, 0.15) is 12.4 Å². The van der Waals surface area contributed by atoms with Crippen molar-refractivity contribution in [1.29, 1.82) is 0 Å². The highest BCUT2D eigenvalue weighted by Gasteiger charge is 1.99. The van der Waals surface area contributed by atoms with Crippen molar-refractivity contribution in [1.82, 2.24) is 0 Å². The van der Waals surface area contributed by atoms with E-state index in [1.807, 2.05) is 0 Å². The molecule has 1 aromatic rings. The van der Waals surface area contributed by atoms with Crippen LogP contribution in [-0.4, -0.2) is 18.3 Å². The van der Waals surface area contributed by atoms with Crippen LogP contribution in [0, 0.1) is 0 Å².